The summed E-state index contributed by atoms with van der Waals surface area (Å²) in [6.07, 6.45) is 0.793. The van der Waals surface area contributed by atoms with Crippen molar-refractivity contribution in [1.29, 1.82) is 0 Å². The number of carbonyl (C=O) groups excluding carboxylic acids is 1. The quantitative estimate of drug-likeness (QED) is 0.702. The van der Waals surface area contributed by atoms with Crippen LogP contribution in [0.25, 0.3) is 0 Å². The molecule has 1 fully saturated rings. The summed E-state index contributed by atoms with van der Waals surface area (Å²) in [6.45, 7) is 7.52. The minimum Gasteiger partial charge on any atom is -0.450 e. The first-order chi connectivity index (χ1) is 6.65. The van der Waals surface area contributed by atoms with Crippen LogP contribution in [0.5, 0.6) is 0 Å². The van der Waals surface area contributed by atoms with Crippen LogP contribution in [0.3, 0.4) is 0 Å². The fourth-order valence-electron chi connectivity index (χ4n) is 1.91. The van der Waals surface area contributed by atoms with E-state index in [1.54, 1.807) is 0 Å². The van der Waals surface area contributed by atoms with Gasteiger partial charge in [-0.1, -0.05) is 6.92 Å². The number of hydrogen-bond acceptors (Lipinski definition) is 3. The molecule has 1 heterocycles. The Balaban J connectivity index is 2.43. The smallest absolute Gasteiger partial charge is 0.407 e. The lowest BCUT2D eigenvalue weighted by Crippen LogP contribution is -2.56. The van der Waals surface area contributed by atoms with Crippen LogP contribution in [0, 0.1) is 5.92 Å². The third-order valence-corrected chi connectivity index (χ3v) is 2.78. The molecule has 1 aliphatic rings. The van der Waals surface area contributed by atoms with Gasteiger partial charge >= 0.3 is 6.09 Å². The Morgan fingerprint density at radius 2 is 2.29 bits per heavy atom. The second kappa shape index (κ2) is 5.20. The molecule has 14 heavy (non-hydrogen) atoms. The van der Waals surface area contributed by atoms with Gasteiger partial charge in [0, 0.05) is 12.1 Å². The second-order valence-corrected chi connectivity index (χ2v) is 3.90. The molecule has 1 aliphatic heterocycles. The van der Waals surface area contributed by atoms with Gasteiger partial charge in [-0.25, -0.2) is 4.79 Å². The van der Waals surface area contributed by atoms with Gasteiger partial charge < -0.3 is 15.4 Å². The molecule has 0 aromatic rings. The lowest BCUT2D eigenvalue weighted by atomic mass is 9.89. The molecule has 4 nitrogen and oxygen atoms in total. The highest BCUT2D eigenvalue weighted by atomic mass is 16.5. The summed E-state index contributed by atoms with van der Waals surface area (Å²) >= 11 is 0. The molecule has 3 atom stereocenters. The number of hydrogen-bond donors (Lipinski definition) is 2. The SMILES string of the molecule is CCOC(=O)NC1C(C)CCNC1C. The number of nitrogens with one attached hydrogen (secondary N) is 2. The summed E-state index contributed by atoms with van der Waals surface area (Å²) in [5, 5.41) is 6.24. The standard InChI is InChI=1S/C10H20N2O2/c1-4-14-10(13)12-9-7(2)5-6-11-8(9)3/h7-9,11H,4-6H2,1-3H3,(H,12,13). The summed E-state index contributed by atoms with van der Waals surface area (Å²) in [4.78, 5) is 11.2. The topological polar surface area (TPSA) is 50.4 Å². The molecule has 2 N–H and O–H groups in total. The lowest BCUT2D eigenvalue weighted by Gasteiger charge is -2.35. The summed E-state index contributed by atoms with van der Waals surface area (Å²) in [5.74, 6) is 0.510. The summed E-state index contributed by atoms with van der Waals surface area (Å²) in [6, 6.07) is 0.506. The molecule has 1 rings (SSSR count). The molecule has 0 aliphatic carbocycles. The molecule has 0 bridgehead atoms. The summed E-state index contributed by atoms with van der Waals surface area (Å²) < 4.78 is 4.86. The van der Waals surface area contributed by atoms with Crippen LogP contribution in [0.4, 0.5) is 4.79 Å². The lowest BCUT2D eigenvalue weighted by molar-refractivity contribution is 0.135. The molecule has 4 heteroatoms. The van der Waals surface area contributed by atoms with Gasteiger partial charge in [0.15, 0.2) is 0 Å². The van der Waals surface area contributed by atoms with E-state index >= 15 is 0 Å². The minimum atomic E-state index is -0.306. The predicted octanol–water partition coefficient (Wildman–Crippen LogP) is 1.12. The first-order valence-corrected chi connectivity index (χ1v) is 5.31. The van der Waals surface area contributed by atoms with E-state index in [0.717, 1.165) is 13.0 Å². The maximum absolute atomic E-state index is 11.2. The molecular formula is C10H20N2O2. The molecule has 0 radical (unpaired) electrons. The van der Waals surface area contributed by atoms with E-state index < -0.39 is 0 Å². The Morgan fingerprint density at radius 3 is 2.86 bits per heavy atom. The van der Waals surface area contributed by atoms with Crippen molar-refractivity contribution in [3.8, 4) is 0 Å². The highest BCUT2D eigenvalue weighted by molar-refractivity contribution is 5.67. The van der Waals surface area contributed by atoms with Crippen LogP contribution in [0.2, 0.25) is 0 Å². The summed E-state index contributed by atoms with van der Waals surface area (Å²) in [5.41, 5.74) is 0. The van der Waals surface area contributed by atoms with Crippen molar-refractivity contribution in [3.05, 3.63) is 0 Å². The summed E-state index contributed by atoms with van der Waals surface area (Å²) in [7, 11) is 0. The van der Waals surface area contributed by atoms with Gasteiger partial charge in [0.1, 0.15) is 0 Å². The molecule has 0 aromatic carbocycles. The highest BCUT2D eigenvalue weighted by Crippen LogP contribution is 2.16. The van der Waals surface area contributed by atoms with Gasteiger partial charge in [-0.15, -0.1) is 0 Å². The molecule has 0 spiro atoms. The molecule has 1 amide bonds. The van der Waals surface area contributed by atoms with Crippen LogP contribution in [-0.2, 0) is 4.74 Å². The molecule has 82 valence electrons. The van der Waals surface area contributed by atoms with E-state index in [1.807, 2.05) is 6.92 Å². The van der Waals surface area contributed by atoms with E-state index in [9.17, 15) is 4.79 Å². The Kier molecular flexibility index (Phi) is 4.20. The van der Waals surface area contributed by atoms with Crippen LogP contribution >= 0.6 is 0 Å². The number of carbonyl (C=O) groups is 1. The molecule has 0 saturated carbocycles. The largest absolute Gasteiger partial charge is 0.450 e. The Morgan fingerprint density at radius 1 is 1.57 bits per heavy atom. The average Bonchev–Trinajstić information content (AvgIpc) is 2.12. The van der Waals surface area contributed by atoms with Crippen molar-refractivity contribution >= 4 is 6.09 Å². The normalized spacial score (nSPS) is 32.4. The van der Waals surface area contributed by atoms with E-state index in [-0.39, 0.29) is 12.1 Å². The van der Waals surface area contributed by atoms with Crippen molar-refractivity contribution in [1.82, 2.24) is 10.6 Å². The number of piperidine rings is 1. The minimum absolute atomic E-state index is 0.183. The van der Waals surface area contributed by atoms with Gasteiger partial charge in [0.2, 0.25) is 0 Å². The van der Waals surface area contributed by atoms with Gasteiger partial charge in [0.05, 0.1) is 6.61 Å². The van der Waals surface area contributed by atoms with E-state index in [4.69, 9.17) is 4.74 Å². The first-order valence-electron chi connectivity index (χ1n) is 5.31. The number of amides is 1. The van der Waals surface area contributed by atoms with Gasteiger partial charge in [-0.2, -0.15) is 0 Å². The number of ether oxygens (including phenoxy) is 1. The van der Waals surface area contributed by atoms with Crippen molar-refractivity contribution in [2.75, 3.05) is 13.2 Å². The van der Waals surface area contributed by atoms with E-state index in [1.165, 1.54) is 0 Å². The zero-order valence-electron chi connectivity index (χ0n) is 9.17. The molecule has 0 aromatic heterocycles. The third kappa shape index (κ3) is 2.87. The third-order valence-electron chi connectivity index (χ3n) is 2.78. The molecule has 1 saturated heterocycles. The van der Waals surface area contributed by atoms with Crippen molar-refractivity contribution in [2.24, 2.45) is 5.92 Å². The molecular weight excluding hydrogens is 180 g/mol. The van der Waals surface area contributed by atoms with Crippen LogP contribution in [0.1, 0.15) is 27.2 Å². The average molecular weight is 200 g/mol. The molecule has 3 unspecified atom stereocenters. The van der Waals surface area contributed by atoms with Gasteiger partial charge in [-0.05, 0) is 32.7 Å². The van der Waals surface area contributed by atoms with Crippen LogP contribution < -0.4 is 10.6 Å². The maximum atomic E-state index is 11.2. The fraction of sp³-hybridized carbons (Fsp3) is 0.900. The van der Waals surface area contributed by atoms with Crippen molar-refractivity contribution < 1.29 is 9.53 Å². The second-order valence-electron chi connectivity index (χ2n) is 3.90. The van der Waals surface area contributed by atoms with Crippen LogP contribution in [0.15, 0.2) is 0 Å². The zero-order chi connectivity index (χ0) is 10.6. The number of rotatable bonds is 2. The van der Waals surface area contributed by atoms with Gasteiger partial charge in [-0.3, -0.25) is 0 Å². The predicted molar refractivity (Wildman–Crippen MR) is 55.2 cm³/mol. The Bertz CT molecular complexity index is 187. The zero-order valence-corrected chi connectivity index (χ0v) is 9.17. The first kappa shape index (κ1) is 11.3. The number of alkyl carbamates (subject to hydrolysis) is 1. The van der Waals surface area contributed by atoms with Crippen LogP contribution in [-0.4, -0.2) is 31.3 Å². The Labute approximate surface area is 85.4 Å². The van der Waals surface area contributed by atoms with Crippen molar-refractivity contribution in [3.63, 3.8) is 0 Å². The highest BCUT2D eigenvalue weighted by Gasteiger charge is 2.28. The monoisotopic (exact) mass is 200 g/mol. The Hall–Kier alpha value is -0.770. The van der Waals surface area contributed by atoms with E-state index in [2.05, 4.69) is 24.5 Å². The fourth-order valence-corrected chi connectivity index (χ4v) is 1.91. The van der Waals surface area contributed by atoms with E-state index in [0.29, 0.717) is 18.6 Å². The van der Waals surface area contributed by atoms with Crippen molar-refractivity contribution in [2.45, 2.75) is 39.3 Å². The maximum Gasteiger partial charge on any atom is 0.407 e. The van der Waals surface area contributed by atoms with Gasteiger partial charge in [0.25, 0.3) is 0 Å².